The lowest BCUT2D eigenvalue weighted by atomic mass is 10.1. The maximum absolute atomic E-state index is 12.1. The Morgan fingerprint density at radius 3 is 2.29 bits per heavy atom. The lowest BCUT2D eigenvalue weighted by molar-refractivity contribution is 0.0996. The van der Waals surface area contributed by atoms with Gasteiger partial charge in [-0.3, -0.25) is 4.79 Å². The highest BCUT2D eigenvalue weighted by Gasteiger charge is 2.15. The molecular formula is C12H7Br3OS. The van der Waals surface area contributed by atoms with E-state index in [-0.39, 0.29) is 5.78 Å². The summed E-state index contributed by atoms with van der Waals surface area (Å²) >= 11 is 11.6. The third-order valence-electron chi connectivity index (χ3n) is 2.22. The van der Waals surface area contributed by atoms with Gasteiger partial charge in [0, 0.05) is 20.7 Å². The van der Waals surface area contributed by atoms with Crippen LogP contribution in [0.15, 0.2) is 43.1 Å². The second kappa shape index (κ2) is 5.78. The SMILES string of the molecule is O=C(Cc1ccc(Br)cc1)c1scc(Br)c1Br. The minimum atomic E-state index is 0.134. The molecule has 1 heterocycles. The van der Waals surface area contributed by atoms with E-state index in [4.69, 9.17) is 0 Å². The van der Waals surface area contributed by atoms with Crippen LogP contribution >= 0.6 is 59.1 Å². The quantitative estimate of drug-likeness (QED) is 0.581. The van der Waals surface area contributed by atoms with Crippen molar-refractivity contribution in [2.75, 3.05) is 0 Å². The van der Waals surface area contributed by atoms with Crippen LogP contribution < -0.4 is 0 Å². The molecule has 0 aliphatic heterocycles. The summed E-state index contributed by atoms with van der Waals surface area (Å²) in [6.45, 7) is 0. The average Bonchev–Trinajstić information content (AvgIpc) is 2.63. The Balaban J connectivity index is 2.17. The standard InChI is InChI=1S/C12H7Br3OS/c13-8-3-1-7(2-4-8)5-10(16)12-11(15)9(14)6-17-12/h1-4,6H,5H2. The van der Waals surface area contributed by atoms with Crippen molar-refractivity contribution in [1.29, 1.82) is 0 Å². The Kier molecular flexibility index (Phi) is 4.58. The van der Waals surface area contributed by atoms with Gasteiger partial charge in [0.2, 0.25) is 0 Å². The molecule has 1 aromatic heterocycles. The molecule has 0 spiro atoms. The van der Waals surface area contributed by atoms with E-state index in [1.54, 1.807) is 0 Å². The maximum atomic E-state index is 12.1. The van der Waals surface area contributed by atoms with Gasteiger partial charge in [-0.15, -0.1) is 11.3 Å². The smallest absolute Gasteiger partial charge is 0.178 e. The molecule has 0 saturated heterocycles. The summed E-state index contributed by atoms with van der Waals surface area (Å²) in [5.74, 6) is 0.134. The van der Waals surface area contributed by atoms with Gasteiger partial charge in [0.05, 0.1) is 9.35 Å². The number of ketones is 1. The van der Waals surface area contributed by atoms with Crippen LogP contribution in [-0.2, 0) is 6.42 Å². The van der Waals surface area contributed by atoms with Gasteiger partial charge in [-0.05, 0) is 49.6 Å². The van der Waals surface area contributed by atoms with Crippen LogP contribution in [0.5, 0.6) is 0 Å². The number of benzene rings is 1. The first-order valence-corrected chi connectivity index (χ1v) is 8.04. The Hall–Kier alpha value is 0.0300. The van der Waals surface area contributed by atoms with Crippen molar-refractivity contribution >= 4 is 64.9 Å². The number of hydrogen-bond acceptors (Lipinski definition) is 2. The van der Waals surface area contributed by atoms with Crippen molar-refractivity contribution < 1.29 is 4.79 Å². The number of thiophene rings is 1. The molecule has 0 N–H and O–H groups in total. The number of Topliss-reactive ketones (excluding diaryl/α,β-unsaturated/α-hetero) is 1. The summed E-state index contributed by atoms with van der Waals surface area (Å²) in [5, 5.41) is 1.92. The molecule has 5 heteroatoms. The van der Waals surface area contributed by atoms with E-state index in [2.05, 4.69) is 47.8 Å². The highest BCUT2D eigenvalue weighted by Crippen LogP contribution is 2.33. The largest absolute Gasteiger partial charge is 0.293 e. The zero-order valence-corrected chi connectivity index (χ0v) is 14.1. The van der Waals surface area contributed by atoms with E-state index in [0.29, 0.717) is 6.42 Å². The number of rotatable bonds is 3. The van der Waals surface area contributed by atoms with Gasteiger partial charge in [0.1, 0.15) is 0 Å². The molecule has 1 aromatic carbocycles. The Morgan fingerprint density at radius 2 is 1.76 bits per heavy atom. The topological polar surface area (TPSA) is 17.1 Å². The Bertz CT molecular complexity index is 545. The first kappa shape index (κ1) is 13.5. The lowest BCUT2D eigenvalue weighted by Crippen LogP contribution is -2.01. The second-order valence-corrected chi connectivity index (χ2v) is 6.90. The fourth-order valence-corrected chi connectivity index (χ4v) is 3.78. The summed E-state index contributed by atoms with van der Waals surface area (Å²) in [6, 6.07) is 7.81. The molecule has 0 amide bonds. The fourth-order valence-electron chi connectivity index (χ4n) is 1.38. The molecular weight excluding hydrogens is 432 g/mol. The predicted octanol–water partition coefficient (Wildman–Crippen LogP) is 5.46. The summed E-state index contributed by atoms with van der Waals surface area (Å²) in [7, 11) is 0. The van der Waals surface area contributed by atoms with E-state index in [9.17, 15) is 4.79 Å². The van der Waals surface area contributed by atoms with E-state index in [0.717, 1.165) is 23.9 Å². The third-order valence-corrected chi connectivity index (χ3v) is 6.32. The van der Waals surface area contributed by atoms with Crippen LogP contribution in [-0.4, -0.2) is 5.78 Å². The van der Waals surface area contributed by atoms with Gasteiger partial charge < -0.3 is 0 Å². The summed E-state index contributed by atoms with van der Waals surface area (Å²) in [5.41, 5.74) is 1.02. The van der Waals surface area contributed by atoms with Crippen molar-refractivity contribution in [3.63, 3.8) is 0 Å². The second-order valence-electron chi connectivity index (χ2n) is 3.45. The minimum absolute atomic E-state index is 0.134. The minimum Gasteiger partial charge on any atom is -0.293 e. The summed E-state index contributed by atoms with van der Waals surface area (Å²) < 4.78 is 2.81. The molecule has 0 aliphatic carbocycles. The number of carbonyl (C=O) groups is 1. The zero-order valence-electron chi connectivity index (χ0n) is 8.54. The van der Waals surface area contributed by atoms with Gasteiger partial charge in [0.15, 0.2) is 5.78 Å². The number of halogens is 3. The van der Waals surface area contributed by atoms with Crippen LogP contribution in [0.3, 0.4) is 0 Å². The molecule has 0 aliphatic rings. The van der Waals surface area contributed by atoms with Crippen LogP contribution in [0.25, 0.3) is 0 Å². The van der Waals surface area contributed by atoms with E-state index in [1.807, 2.05) is 29.6 Å². The van der Waals surface area contributed by atoms with Crippen molar-refractivity contribution in [2.45, 2.75) is 6.42 Å². The molecule has 0 bridgehead atoms. The van der Waals surface area contributed by atoms with Crippen molar-refractivity contribution in [2.24, 2.45) is 0 Å². The molecule has 0 radical (unpaired) electrons. The molecule has 2 rings (SSSR count). The van der Waals surface area contributed by atoms with Gasteiger partial charge in [-0.1, -0.05) is 28.1 Å². The van der Waals surface area contributed by atoms with Crippen molar-refractivity contribution in [1.82, 2.24) is 0 Å². The number of carbonyl (C=O) groups excluding carboxylic acids is 1. The van der Waals surface area contributed by atoms with Crippen molar-refractivity contribution in [3.8, 4) is 0 Å². The molecule has 0 saturated carbocycles. The van der Waals surface area contributed by atoms with Crippen molar-refractivity contribution in [3.05, 3.63) is 53.5 Å². The molecule has 0 fully saturated rings. The molecule has 17 heavy (non-hydrogen) atoms. The molecule has 1 nitrogen and oxygen atoms in total. The predicted molar refractivity (Wildman–Crippen MR) is 81.9 cm³/mol. The summed E-state index contributed by atoms with van der Waals surface area (Å²) in [4.78, 5) is 12.8. The van der Waals surface area contributed by atoms with Gasteiger partial charge in [0.25, 0.3) is 0 Å². The van der Waals surface area contributed by atoms with Crippen LogP contribution in [0.1, 0.15) is 15.2 Å². The van der Waals surface area contributed by atoms with Gasteiger partial charge in [-0.2, -0.15) is 0 Å². The van der Waals surface area contributed by atoms with Crippen LogP contribution in [0.4, 0.5) is 0 Å². The highest BCUT2D eigenvalue weighted by molar-refractivity contribution is 9.13. The third kappa shape index (κ3) is 3.28. The van der Waals surface area contributed by atoms with E-state index in [1.165, 1.54) is 11.3 Å². The van der Waals surface area contributed by atoms with E-state index < -0.39 is 0 Å². The zero-order chi connectivity index (χ0) is 12.4. The first-order valence-electron chi connectivity index (χ1n) is 4.78. The van der Waals surface area contributed by atoms with Gasteiger partial charge >= 0.3 is 0 Å². The Labute approximate surface area is 129 Å². The van der Waals surface area contributed by atoms with E-state index >= 15 is 0 Å². The summed E-state index contributed by atoms with van der Waals surface area (Å²) in [6.07, 6.45) is 0.429. The molecule has 2 aromatic rings. The Morgan fingerprint density at radius 1 is 1.12 bits per heavy atom. The van der Waals surface area contributed by atoms with Crippen LogP contribution in [0.2, 0.25) is 0 Å². The monoisotopic (exact) mass is 436 g/mol. The highest BCUT2D eigenvalue weighted by atomic mass is 79.9. The fraction of sp³-hybridized carbons (Fsp3) is 0.0833. The maximum Gasteiger partial charge on any atom is 0.178 e. The number of hydrogen-bond donors (Lipinski definition) is 0. The van der Waals surface area contributed by atoms with Crippen LogP contribution in [0, 0.1) is 0 Å². The average molecular weight is 439 g/mol. The lowest BCUT2D eigenvalue weighted by Gasteiger charge is -2.00. The first-order chi connectivity index (χ1) is 8.08. The molecule has 0 atom stereocenters. The normalized spacial score (nSPS) is 10.5. The molecule has 88 valence electrons. The molecule has 0 unspecified atom stereocenters. The van der Waals surface area contributed by atoms with Gasteiger partial charge in [-0.25, -0.2) is 0 Å².